The number of fused-ring (bicyclic) bond motifs is 2. The predicted molar refractivity (Wildman–Crippen MR) is 178 cm³/mol. The zero-order valence-electron chi connectivity index (χ0n) is 24.9. The van der Waals surface area contributed by atoms with E-state index in [1.807, 2.05) is 39.0 Å². The van der Waals surface area contributed by atoms with Gasteiger partial charge in [-0.3, -0.25) is 23.6 Å². The van der Waals surface area contributed by atoms with Crippen LogP contribution in [-0.2, 0) is 11.8 Å². The molecular formula is C29H30B3ClN8O2S. The lowest BCUT2D eigenvalue weighted by Crippen LogP contribution is -2.35. The van der Waals surface area contributed by atoms with Gasteiger partial charge in [0.1, 0.15) is 5.15 Å². The van der Waals surface area contributed by atoms with Crippen molar-refractivity contribution in [2.45, 2.75) is 44.5 Å². The summed E-state index contributed by atoms with van der Waals surface area (Å²) in [6.07, 6.45) is 3.46. The number of carbonyl (C=O) groups excluding carboxylic acids is 1. The van der Waals surface area contributed by atoms with E-state index in [0.717, 1.165) is 29.9 Å². The summed E-state index contributed by atoms with van der Waals surface area (Å²) in [6, 6.07) is 8.87. The topological polar surface area (TPSA) is 110 Å². The number of halogens is 1. The molecule has 2 aliphatic rings. The lowest BCUT2D eigenvalue weighted by Gasteiger charge is -2.26. The number of carbonyl (C=O) groups is 1. The van der Waals surface area contributed by atoms with Crippen molar-refractivity contribution in [3.63, 3.8) is 0 Å². The molecule has 220 valence electrons. The lowest BCUT2D eigenvalue weighted by atomic mass is 9.49. The Morgan fingerprint density at radius 3 is 2.55 bits per heavy atom. The standard InChI is InChI=1S/C29H30B3ClN8O2S/c1-5-40-27(43)17-11-14(2)10-16(15(3)34-21-6-7-22(33)35-25(21)26(42)38-44-4)24(17)36-28(40)39-12-18-19(13-39)23(18)20-8-9-41(37-20)29(30,31)32/h6-11,15,18-19,23,34H,5,12-13H2,1-4H3,(H,38,42). The highest BCUT2D eigenvalue weighted by molar-refractivity contribution is 7.97. The van der Waals surface area contributed by atoms with Crippen LogP contribution in [0.4, 0.5) is 11.6 Å². The zero-order chi connectivity index (χ0) is 31.5. The average molecular weight is 623 g/mol. The Balaban J connectivity index is 1.32. The van der Waals surface area contributed by atoms with Crippen LogP contribution in [0.1, 0.15) is 53.1 Å². The van der Waals surface area contributed by atoms with Gasteiger partial charge in [-0.1, -0.05) is 29.6 Å². The molecule has 4 heterocycles. The van der Waals surface area contributed by atoms with Gasteiger partial charge in [0.15, 0.2) is 5.69 Å². The fourth-order valence-electron chi connectivity index (χ4n) is 6.38. The van der Waals surface area contributed by atoms with Gasteiger partial charge in [-0.2, -0.15) is 5.10 Å². The minimum Gasteiger partial charge on any atom is -0.377 e. The molecule has 10 nitrogen and oxygen atoms in total. The third kappa shape index (κ3) is 5.51. The van der Waals surface area contributed by atoms with Gasteiger partial charge < -0.3 is 10.2 Å². The molecule has 1 saturated heterocycles. The molecule has 4 aromatic rings. The zero-order valence-corrected chi connectivity index (χ0v) is 26.5. The van der Waals surface area contributed by atoms with Gasteiger partial charge in [-0.25, -0.2) is 9.97 Å². The first-order valence-corrected chi connectivity index (χ1v) is 16.0. The first kappa shape index (κ1) is 30.6. The molecule has 1 aliphatic carbocycles. The Morgan fingerprint density at radius 1 is 1.18 bits per heavy atom. The summed E-state index contributed by atoms with van der Waals surface area (Å²) in [5, 5.41) is 7.16. The number of anilines is 2. The van der Waals surface area contributed by atoms with E-state index in [4.69, 9.17) is 40.1 Å². The van der Waals surface area contributed by atoms with Crippen molar-refractivity contribution >= 4 is 75.5 Å². The first-order valence-electron chi connectivity index (χ1n) is 14.4. The van der Waals surface area contributed by atoms with E-state index in [0.29, 0.717) is 40.9 Å². The molecule has 44 heavy (non-hydrogen) atoms. The number of amides is 1. The Morgan fingerprint density at radius 2 is 1.91 bits per heavy atom. The molecule has 2 fully saturated rings. The monoisotopic (exact) mass is 622 g/mol. The van der Waals surface area contributed by atoms with Gasteiger partial charge in [-0.05, 0) is 67.7 Å². The molecule has 1 saturated carbocycles. The molecule has 1 amide bonds. The molecule has 2 N–H and O–H groups in total. The van der Waals surface area contributed by atoms with Crippen molar-refractivity contribution in [3.05, 3.63) is 74.6 Å². The average Bonchev–Trinajstić information content (AvgIpc) is 3.31. The van der Waals surface area contributed by atoms with E-state index in [9.17, 15) is 9.59 Å². The first-order chi connectivity index (χ1) is 20.9. The van der Waals surface area contributed by atoms with Crippen molar-refractivity contribution in [1.82, 2.24) is 29.0 Å². The largest absolute Gasteiger partial charge is 0.377 e. The highest BCUT2D eigenvalue weighted by Gasteiger charge is 2.58. The van der Waals surface area contributed by atoms with Crippen LogP contribution in [0, 0.1) is 18.8 Å². The molecule has 1 aromatic carbocycles. The fourth-order valence-corrected chi connectivity index (χ4v) is 6.81. The molecule has 1 aliphatic heterocycles. The second-order valence-electron chi connectivity index (χ2n) is 11.6. The van der Waals surface area contributed by atoms with Gasteiger partial charge in [0, 0.05) is 43.6 Å². The quantitative estimate of drug-likeness (QED) is 0.167. The molecule has 0 bridgehead atoms. The van der Waals surface area contributed by atoms with Gasteiger partial charge in [-0.15, -0.1) is 0 Å². The van der Waals surface area contributed by atoms with Crippen LogP contribution >= 0.6 is 23.5 Å². The minimum absolute atomic E-state index is 0.0844. The van der Waals surface area contributed by atoms with Crippen LogP contribution in [-0.4, -0.2) is 73.1 Å². The number of piperidine rings is 1. The van der Waals surface area contributed by atoms with E-state index in [1.54, 1.807) is 29.2 Å². The molecule has 15 heteroatoms. The van der Waals surface area contributed by atoms with Gasteiger partial charge in [0.2, 0.25) is 5.95 Å². The molecule has 3 atom stereocenters. The maximum atomic E-state index is 13.9. The SMILES string of the molecule is [B]C([B])([B])n1ccc(C2C3CN(c4nc5c(C(C)Nc6ccc(Cl)nc6C(=O)NSC)cc(C)cc5c(=O)n4CC)CC32)n1. The Hall–Kier alpha value is -3.38. The maximum Gasteiger partial charge on any atom is 0.281 e. The van der Waals surface area contributed by atoms with Crippen LogP contribution in [0.3, 0.4) is 0 Å². The lowest BCUT2D eigenvalue weighted by molar-refractivity contribution is 0.0980. The number of hydrogen-bond acceptors (Lipinski definition) is 8. The number of hydrogen-bond donors (Lipinski definition) is 2. The second kappa shape index (κ2) is 11.5. The number of aryl methyl sites for hydroxylation is 1. The Bertz CT molecular complexity index is 1810. The number of nitrogens with zero attached hydrogens (tertiary/aromatic N) is 6. The summed E-state index contributed by atoms with van der Waals surface area (Å²) < 4.78 is 5.83. The number of nitrogens with one attached hydrogen (secondary N) is 2. The van der Waals surface area contributed by atoms with Crippen molar-refractivity contribution in [1.29, 1.82) is 0 Å². The molecule has 3 aromatic heterocycles. The van der Waals surface area contributed by atoms with Crippen molar-refractivity contribution < 1.29 is 4.79 Å². The summed E-state index contributed by atoms with van der Waals surface area (Å²) in [7, 11) is 17.4. The molecular weight excluding hydrogens is 592 g/mol. The second-order valence-corrected chi connectivity index (χ2v) is 12.6. The molecule has 3 unspecified atom stereocenters. The highest BCUT2D eigenvalue weighted by Crippen LogP contribution is 2.58. The van der Waals surface area contributed by atoms with E-state index in [2.05, 4.69) is 25.0 Å². The maximum absolute atomic E-state index is 13.9. The van der Waals surface area contributed by atoms with E-state index < -0.39 is 5.24 Å². The minimum atomic E-state index is -1.55. The Labute approximate surface area is 269 Å². The van der Waals surface area contributed by atoms with Crippen LogP contribution < -0.4 is 20.5 Å². The van der Waals surface area contributed by atoms with Crippen molar-refractivity contribution in [3.8, 4) is 0 Å². The van der Waals surface area contributed by atoms with E-state index in [-0.39, 0.29) is 34.3 Å². The molecule has 0 spiro atoms. The van der Waals surface area contributed by atoms with Crippen molar-refractivity contribution in [2.24, 2.45) is 11.8 Å². The van der Waals surface area contributed by atoms with Gasteiger partial charge >= 0.3 is 0 Å². The molecule has 6 rings (SSSR count). The Kier molecular flexibility index (Phi) is 8.02. The summed E-state index contributed by atoms with van der Waals surface area (Å²) >= 11 is 7.30. The number of pyridine rings is 1. The number of rotatable bonds is 9. The van der Waals surface area contributed by atoms with Gasteiger partial charge in [0.25, 0.3) is 11.5 Å². The predicted octanol–water partition coefficient (Wildman–Crippen LogP) is 3.07. The summed E-state index contributed by atoms with van der Waals surface area (Å²) in [5.74, 6) is 1.32. The van der Waals surface area contributed by atoms with Crippen LogP contribution in [0.25, 0.3) is 10.9 Å². The molecule has 6 radical (unpaired) electrons. The third-order valence-corrected chi connectivity index (χ3v) is 9.06. The van der Waals surface area contributed by atoms with Crippen LogP contribution in [0.15, 0.2) is 41.3 Å². The number of aromatic nitrogens is 5. The smallest absolute Gasteiger partial charge is 0.281 e. The number of benzene rings is 1. The van der Waals surface area contributed by atoms with Gasteiger partial charge in [0.05, 0.1) is 51.9 Å². The summed E-state index contributed by atoms with van der Waals surface area (Å²) in [5.41, 5.74) is 3.94. The van der Waals surface area contributed by atoms with E-state index in [1.165, 1.54) is 16.6 Å². The van der Waals surface area contributed by atoms with Crippen LogP contribution in [0.5, 0.6) is 0 Å². The van der Waals surface area contributed by atoms with Crippen molar-refractivity contribution in [2.75, 3.05) is 29.6 Å². The fraction of sp³-hybridized carbons (Fsp3) is 0.414. The van der Waals surface area contributed by atoms with E-state index >= 15 is 0 Å². The summed E-state index contributed by atoms with van der Waals surface area (Å²) in [6.45, 7) is 7.87. The third-order valence-electron chi connectivity index (χ3n) is 8.46. The highest BCUT2D eigenvalue weighted by atomic mass is 35.5. The van der Waals surface area contributed by atoms with Crippen LogP contribution in [0.2, 0.25) is 5.15 Å². The summed E-state index contributed by atoms with van der Waals surface area (Å²) in [4.78, 5) is 38.2. The normalized spacial score (nSPS) is 20.0.